The molecule has 0 spiro atoms. The minimum Gasteiger partial charge on any atom is -0.371 e. The Bertz CT molecular complexity index is 806. The van der Waals surface area contributed by atoms with Crippen LogP contribution in [0.5, 0.6) is 0 Å². The summed E-state index contributed by atoms with van der Waals surface area (Å²) in [7, 11) is -3.36. The summed E-state index contributed by atoms with van der Waals surface area (Å²) in [6, 6.07) is 13.9. The number of nitrogens with zero attached hydrogens (tertiary/aromatic N) is 1. The Morgan fingerprint density at radius 1 is 1.19 bits per heavy atom. The lowest BCUT2D eigenvalue weighted by Gasteiger charge is -2.33. The van der Waals surface area contributed by atoms with Crippen LogP contribution < -0.4 is 4.72 Å². The molecule has 0 amide bonds. The summed E-state index contributed by atoms with van der Waals surface area (Å²) in [6.07, 6.45) is 2.79. The second kappa shape index (κ2) is 9.80. The van der Waals surface area contributed by atoms with Crippen molar-refractivity contribution in [3.8, 4) is 0 Å². The maximum atomic E-state index is 12.3. The van der Waals surface area contributed by atoms with E-state index in [2.05, 4.69) is 21.8 Å². The molecule has 0 radical (unpaired) electrons. The highest BCUT2D eigenvalue weighted by Gasteiger charge is 2.21. The second-order valence-electron chi connectivity index (χ2n) is 6.75. The second-order valence-corrected chi connectivity index (χ2v) is 9.91. The van der Waals surface area contributed by atoms with Gasteiger partial charge >= 0.3 is 0 Å². The van der Waals surface area contributed by atoms with E-state index in [0.717, 1.165) is 50.4 Å². The molecule has 3 rings (SSSR count). The van der Waals surface area contributed by atoms with Crippen LogP contribution in [0.25, 0.3) is 0 Å². The third-order valence-electron chi connectivity index (χ3n) is 4.77. The molecular formula is C20H28N2O3S2. The van der Waals surface area contributed by atoms with Gasteiger partial charge in [-0.05, 0) is 43.5 Å². The average molecular weight is 409 g/mol. The zero-order valence-electron chi connectivity index (χ0n) is 15.8. The van der Waals surface area contributed by atoms with Crippen LogP contribution >= 0.6 is 11.3 Å². The van der Waals surface area contributed by atoms with Crippen molar-refractivity contribution in [2.45, 2.75) is 36.5 Å². The number of hydrogen-bond donors (Lipinski definition) is 1. The number of sulfonamides is 1. The Balaban J connectivity index is 1.38. The maximum absolute atomic E-state index is 12.3. The molecule has 1 aliphatic rings. The van der Waals surface area contributed by atoms with E-state index >= 15 is 0 Å². The third-order valence-corrected chi connectivity index (χ3v) is 7.95. The topological polar surface area (TPSA) is 58.6 Å². The summed E-state index contributed by atoms with van der Waals surface area (Å²) < 4.78 is 33.6. The van der Waals surface area contributed by atoms with Crippen LogP contribution in [0.2, 0.25) is 0 Å². The van der Waals surface area contributed by atoms with E-state index in [1.54, 1.807) is 6.07 Å². The van der Waals surface area contributed by atoms with Gasteiger partial charge in [-0.2, -0.15) is 0 Å². The van der Waals surface area contributed by atoms with Gasteiger partial charge in [0, 0.05) is 24.5 Å². The van der Waals surface area contributed by atoms with Gasteiger partial charge in [-0.3, -0.25) is 4.90 Å². The quantitative estimate of drug-likeness (QED) is 0.646. The zero-order chi connectivity index (χ0) is 19.1. The summed E-state index contributed by atoms with van der Waals surface area (Å²) in [5.41, 5.74) is 1.22. The number of ether oxygens (including phenoxy) is 1. The van der Waals surface area contributed by atoms with Gasteiger partial charge in [0.05, 0.1) is 12.7 Å². The van der Waals surface area contributed by atoms with Crippen molar-refractivity contribution in [3.63, 3.8) is 0 Å². The molecule has 1 aliphatic heterocycles. The molecule has 2 heterocycles. The molecule has 0 unspecified atom stereocenters. The minimum atomic E-state index is -3.36. The van der Waals surface area contributed by atoms with Gasteiger partial charge in [0.15, 0.2) is 0 Å². The molecule has 1 saturated heterocycles. The van der Waals surface area contributed by atoms with Crippen molar-refractivity contribution in [1.82, 2.24) is 9.62 Å². The molecular weight excluding hydrogens is 380 g/mol. The van der Waals surface area contributed by atoms with Crippen LogP contribution in [0.1, 0.15) is 36.3 Å². The van der Waals surface area contributed by atoms with E-state index in [1.807, 2.05) is 31.2 Å². The van der Waals surface area contributed by atoms with Gasteiger partial charge in [-0.15, -0.1) is 11.3 Å². The fourth-order valence-electron chi connectivity index (χ4n) is 3.21. The first-order valence-electron chi connectivity index (χ1n) is 9.56. The van der Waals surface area contributed by atoms with Crippen LogP contribution in [0, 0.1) is 0 Å². The summed E-state index contributed by atoms with van der Waals surface area (Å²) in [5, 5.41) is 0. The molecule has 1 atom stereocenters. The first kappa shape index (κ1) is 20.5. The van der Waals surface area contributed by atoms with Crippen LogP contribution in [-0.2, 0) is 21.2 Å². The van der Waals surface area contributed by atoms with Crippen molar-refractivity contribution < 1.29 is 13.2 Å². The number of hydrogen-bond acceptors (Lipinski definition) is 5. The molecule has 27 heavy (non-hydrogen) atoms. The van der Waals surface area contributed by atoms with Gasteiger partial charge in [-0.25, -0.2) is 13.1 Å². The Morgan fingerprint density at radius 3 is 2.74 bits per heavy atom. The number of morpholine rings is 1. The molecule has 0 bridgehead atoms. The molecule has 1 aromatic heterocycles. The van der Waals surface area contributed by atoms with Gasteiger partial charge in [0.1, 0.15) is 4.21 Å². The Labute approximate surface area is 166 Å². The van der Waals surface area contributed by atoms with Crippen LogP contribution in [-0.4, -0.2) is 46.1 Å². The van der Waals surface area contributed by atoms with Gasteiger partial charge < -0.3 is 4.74 Å². The number of aryl methyl sites for hydroxylation is 1. The van der Waals surface area contributed by atoms with Crippen molar-refractivity contribution in [2.75, 3.05) is 32.8 Å². The SMILES string of the molecule is CCc1ccc(S(=O)(=O)NCCCCN2CCO[C@H](c3ccccc3)C2)s1. The highest BCUT2D eigenvalue weighted by molar-refractivity contribution is 7.91. The Morgan fingerprint density at radius 2 is 2.00 bits per heavy atom. The van der Waals surface area contributed by atoms with E-state index in [9.17, 15) is 8.42 Å². The van der Waals surface area contributed by atoms with Crippen LogP contribution in [0.4, 0.5) is 0 Å². The molecule has 1 aromatic carbocycles. The monoisotopic (exact) mass is 408 g/mol. The molecule has 7 heteroatoms. The molecule has 0 saturated carbocycles. The number of benzene rings is 1. The lowest BCUT2D eigenvalue weighted by Crippen LogP contribution is -2.39. The maximum Gasteiger partial charge on any atom is 0.250 e. The smallest absolute Gasteiger partial charge is 0.250 e. The lowest BCUT2D eigenvalue weighted by atomic mass is 10.1. The van der Waals surface area contributed by atoms with Gasteiger partial charge in [0.25, 0.3) is 0 Å². The van der Waals surface area contributed by atoms with E-state index in [1.165, 1.54) is 16.9 Å². The molecule has 5 nitrogen and oxygen atoms in total. The highest BCUT2D eigenvalue weighted by Crippen LogP contribution is 2.23. The van der Waals surface area contributed by atoms with E-state index in [4.69, 9.17) is 4.74 Å². The predicted molar refractivity (Wildman–Crippen MR) is 110 cm³/mol. The van der Waals surface area contributed by atoms with Crippen molar-refractivity contribution >= 4 is 21.4 Å². The zero-order valence-corrected chi connectivity index (χ0v) is 17.4. The first-order valence-corrected chi connectivity index (χ1v) is 11.9. The van der Waals surface area contributed by atoms with Crippen molar-refractivity contribution in [2.24, 2.45) is 0 Å². The average Bonchev–Trinajstić information content (AvgIpc) is 3.19. The number of rotatable bonds is 9. The number of unbranched alkanes of at least 4 members (excludes halogenated alkanes) is 1. The molecule has 148 valence electrons. The standard InChI is InChI=1S/C20H28N2O3S2/c1-2-18-10-11-20(26-18)27(23,24)21-12-6-7-13-22-14-15-25-19(16-22)17-8-4-3-5-9-17/h3-5,8-11,19,21H,2,6-7,12-16H2,1H3/t19-/m0/s1. The summed E-state index contributed by atoms with van der Waals surface area (Å²) in [5.74, 6) is 0. The summed E-state index contributed by atoms with van der Waals surface area (Å²) in [6.45, 7) is 6.05. The highest BCUT2D eigenvalue weighted by atomic mass is 32.2. The molecule has 2 aromatic rings. The van der Waals surface area contributed by atoms with E-state index in [-0.39, 0.29) is 6.10 Å². The normalized spacial score (nSPS) is 18.6. The Kier molecular flexibility index (Phi) is 7.43. The molecule has 0 aliphatic carbocycles. The summed E-state index contributed by atoms with van der Waals surface area (Å²) in [4.78, 5) is 3.50. The molecule has 1 N–H and O–H groups in total. The first-order chi connectivity index (χ1) is 13.1. The summed E-state index contributed by atoms with van der Waals surface area (Å²) >= 11 is 1.35. The van der Waals surface area contributed by atoms with Crippen molar-refractivity contribution in [1.29, 1.82) is 0 Å². The van der Waals surface area contributed by atoms with E-state index < -0.39 is 10.0 Å². The fourth-order valence-corrected chi connectivity index (χ4v) is 5.62. The predicted octanol–water partition coefficient (Wildman–Crippen LogP) is 3.44. The van der Waals surface area contributed by atoms with Gasteiger partial charge in [-0.1, -0.05) is 37.3 Å². The van der Waals surface area contributed by atoms with Crippen molar-refractivity contribution in [3.05, 3.63) is 52.9 Å². The minimum absolute atomic E-state index is 0.130. The third kappa shape index (κ3) is 5.86. The largest absolute Gasteiger partial charge is 0.371 e. The van der Waals surface area contributed by atoms with Crippen LogP contribution in [0.15, 0.2) is 46.7 Å². The number of thiophene rings is 1. The van der Waals surface area contributed by atoms with E-state index in [0.29, 0.717) is 10.8 Å². The fraction of sp³-hybridized carbons (Fsp3) is 0.500. The van der Waals surface area contributed by atoms with Gasteiger partial charge in [0.2, 0.25) is 10.0 Å². The van der Waals surface area contributed by atoms with Crippen LogP contribution in [0.3, 0.4) is 0 Å². The Hall–Kier alpha value is -1.25. The molecule has 1 fully saturated rings. The number of nitrogens with one attached hydrogen (secondary N) is 1. The lowest BCUT2D eigenvalue weighted by molar-refractivity contribution is -0.0303.